The zero-order valence-corrected chi connectivity index (χ0v) is 8.21. The molecule has 0 fully saturated rings. The van der Waals surface area contributed by atoms with Crippen LogP contribution in [0.2, 0.25) is 5.02 Å². The molecular formula is C9H10ClNO2. The average molecular weight is 200 g/mol. The quantitative estimate of drug-likeness (QED) is 0.553. The first-order valence-corrected chi connectivity index (χ1v) is 4.06. The van der Waals surface area contributed by atoms with Gasteiger partial charge in [-0.15, -0.1) is 0 Å². The summed E-state index contributed by atoms with van der Waals surface area (Å²) in [6, 6.07) is 5.37. The van der Waals surface area contributed by atoms with Gasteiger partial charge in [-0.2, -0.15) is 0 Å². The Morgan fingerprint density at radius 1 is 1.38 bits per heavy atom. The number of hydrogen-bond donors (Lipinski definition) is 0. The average Bonchev–Trinajstić information content (AvgIpc) is 2.15. The molecule has 13 heavy (non-hydrogen) atoms. The van der Waals surface area contributed by atoms with Crippen molar-refractivity contribution in [2.24, 2.45) is 5.16 Å². The molecule has 0 spiro atoms. The van der Waals surface area contributed by atoms with E-state index >= 15 is 0 Å². The van der Waals surface area contributed by atoms with E-state index in [1.54, 1.807) is 25.5 Å². The van der Waals surface area contributed by atoms with Crippen molar-refractivity contribution >= 4 is 17.8 Å². The first kappa shape index (κ1) is 9.86. The van der Waals surface area contributed by atoms with Crippen LogP contribution in [0.15, 0.2) is 23.4 Å². The summed E-state index contributed by atoms with van der Waals surface area (Å²) in [6.45, 7) is 0. The predicted molar refractivity (Wildman–Crippen MR) is 52.6 cm³/mol. The highest BCUT2D eigenvalue weighted by Crippen LogP contribution is 2.24. The van der Waals surface area contributed by atoms with E-state index in [-0.39, 0.29) is 0 Å². The number of ether oxygens (including phenoxy) is 1. The summed E-state index contributed by atoms with van der Waals surface area (Å²) in [5.74, 6) is 0.649. The molecule has 0 radical (unpaired) electrons. The zero-order valence-electron chi connectivity index (χ0n) is 7.45. The van der Waals surface area contributed by atoms with Crippen molar-refractivity contribution in [2.75, 3.05) is 14.2 Å². The zero-order chi connectivity index (χ0) is 9.68. The maximum atomic E-state index is 5.88. The number of nitrogens with zero attached hydrogens (tertiary/aromatic N) is 1. The Labute approximate surface area is 81.9 Å². The molecule has 1 aromatic carbocycles. The summed E-state index contributed by atoms with van der Waals surface area (Å²) in [5, 5.41) is 4.17. The van der Waals surface area contributed by atoms with E-state index in [1.165, 1.54) is 7.11 Å². The molecule has 0 unspecified atom stereocenters. The molecule has 70 valence electrons. The third-order valence-electron chi connectivity index (χ3n) is 1.48. The maximum absolute atomic E-state index is 5.88. The van der Waals surface area contributed by atoms with Crippen LogP contribution in [0, 0.1) is 0 Å². The Hall–Kier alpha value is -1.22. The fourth-order valence-corrected chi connectivity index (χ4v) is 1.14. The van der Waals surface area contributed by atoms with Crippen LogP contribution in [-0.4, -0.2) is 20.4 Å². The first-order chi connectivity index (χ1) is 6.27. The second-order valence-electron chi connectivity index (χ2n) is 2.31. The first-order valence-electron chi connectivity index (χ1n) is 3.68. The van der Waals surface area contributed by atoms with Gasteiger partial charge in [0.1, 0.15) is 12.9 Å². The second kappa shape index (κ2) is 4.72. The maximum Gasteiger partial charge on any atom is 0.137 e. The van der Waals surface area contributed by atoms with Crippen LogP contribution in [0.3, 0.4) is 0 Å². The van der Waals surface area contributed by atoms with Crippen molar-refractivity contribution < 1.29 is 9.57 Å². The van der Waals surface area contributed by atoms with Crippen LogP contribution in [0.1, 0.15) is 5.56 Å². The normalized spacial score (nSPS) is 10.4. The predicted octanol–water partition coefficient (Wildman–Crippen LogP) is 2.33. The van der Waals surface area contributed by atoms with E-state index in [9.17, 15) is 0 Å². The van der Waals surface area contributed by atoms with Gasteiger partial charge in [0.15, 0.2) is 0 Å². The monoisotopic (exact) mass is 199 g/mol. The molecule has 0 aliphatic heterocycles. The SMILES string of the molecule is CO/N=C/c1ccc(OC)c(Cl)c1. The summed E-state index contributed by atoms with van der Waals surface area (Å²) >= 11 is 5.88. The lowest BCUT2D eigenvalue weighted by Gasteiger charge is -2.02. The Bertz CT molecular complexity index is 312. The van der Waals surface area contributed by atoms with E-state index in [1.807, 2.05) is 6.07 Å². The molecule has 0 aliphatic rings. The topological polar surface area (TPSA) is 30.8 Å². The van der Waals surface area contributed by atoms with Crippen molar-refractivity contribution in [3.63, 3.8) is 0 Å². The highest BCUT2D eigenvalue weighted by Gasteiger charge is 1.99. The molecule has 0 saturated carbocycles. The van der Waals surface area contributed by atoms with Crippen molar-refractivity contribution in [1.82, 2.24) is 0 Å². The van der Waals surface area contributed by atoms with Crippen LogP contribution in [0.5, 0.6) is 5.75 Å². The van der Waals surface area contributed by atoms with Gasteiger partial charge in [0.2, 0.25) is 0 Å². The van der Waals surface area contributed by atoms with E-state index in [4.69, 9.17) is 16.3 Å². The van der Waals surface area contributed by atoms with Crippen molar-refractivity contribution in [1.29, 1.82) is 0 Å². The Kier molecular flexibility index (Phi) is 3.58. The van der Waals surface area contributed by atoms with E-state index in [0.29, 0.717) is 10.8 Å². The third kappa shape index (κ3) is 2.63. The summed E-state index contributed by atoms with van der Waals surface area (Å²) in [5.41, 5.74) is 0.868. The highest BCUT2D eigenvalue weighted by molar-refractivity contribution is 6.32. The molecule has 0 N–H and O–H groups in total. The number of hydrogen-bond acceptors (Lipinski definition) is 3. The van der Waals surface area contributed by atoms with Gasteiger partial charge in [0, 0.05) is 0 Å². The lowest BCUT2D eigenvalue weighted by molar-refractivity contribution is 0.215. The molecule has 4 heteroatoms. The number of rotatable bonds is 3. The summed E-state index contributed by atoms with van der Waals surface area (Å²) in [4.78, 5) is 4.54. The lowest BCUT2D eigenvalue weighted by Crippen LogP contribution is -1.86. The molecule has 0 saturated heterocycles. The number of benzene rings is 1. The summed E-state index contributed by atoms with van der Waals surface area (Å²) in [7, 11) is 3.06. The molecular weight excluding hydrogens is 190 g/mol. The van der Waals surface area contributed by atoms with Crippen molar-refractivity contribution in [3.8, 4) is 5.75 Å². The minimum Gasteiger partial charge on any atom is -0.495 e. The van der Waals surface area contributed by atoms with E-state index in [2.05, 4.69) is 9.99 Å². The van der Waals surface area contributed by atoms with Gasteiger partial charge in [-0.3, -0.25) is 0 Å². The molecule has 1 rings (SSSR count). The summed E-state index contributed by atoms with van der Waals surface area (Å²) < 4.78 is 5.00. The minimum absolute atomic E-state index is 0.558. The summed E-state index contributed by atoms with van der Waals surface area (Å²) in [6.07, 6.45) is 1.57. The molecule has 3 nitrogen and oxygen atoms in total. The smallest absolute Gasteiger partial charge is 0.137 e. The molecule has 0 atom stereocenters. The van der Waals surface area contributed by atoms with Gasteiger partial charge in [0.05, 0.1) is 18.3 Å². The van der Waals surface area contributed by atoms with Gasteiger partial charge < -0.3 is 9.57 Å². The van der Waals surface area contributed by atoms with Crippen LogP contribution in [0.4, 0.5) is 0 Å². The standard InChI is InChI=1S/C9H10ClNO2/c1-12-9-4-3-7(5-8(9)10)6-11-13-2/h3-6H,1-2H3/b11-6+. The van der Waals surface area contributed by atoms with Crippen LogP contribution in [-0.2, 0) is 4.84 Å². The fraction of sp³-hybridized carbons (Fsp3) is 0.222. The van der Waals surface area contributed by atoms with Crippen molar-refractivity contribution in [3.05, 3.63) is 28.8 Å². The number of methoxy groups -OCH3 is 1. The van der Waals surface area contributed by atoms with Crippen LogP contribution < -0.4 is 4.74 Å². The Balaban J connectivity index is 2.89. The van der Waals surface area contributed by atoms with E-state index in [0.717, 1.165) is 5.56 Å². The van der Waals surface area contributed by atoms with Gasteiger partial charge in [-0.05, 0) is 23.8 Å². The Morgan fingerprint density at radius 2 is 2.15 bits per heavy atom. The molecule has 0 heterocycles. The molecule has 0 bridgehead atoms. The number of halogens is 1. The van der Waals surface area contributed by atoms with Gasteiger partial charge >= 0.3 is 0 Å². The Morgan fingerprint density at radius 3 is 2.69 bits per heavy atom. The lowest BCUT2D eigenvalue weighted by atomic mass is 10.2. The largest absolute Gasteiger partial charge is 0.495 e. The van der Waals surface area contributed by atoms with Gasteiger partial charge in [0.25, 0.3) is 0 Å². The van der Waals surface area contributed by atoms with Crippen molar-refractivity contribution in [2.45, 2.75) is 0 Å². The third-order valence-corrected chi connectivity index (χ3v) is 1.78. The van der Waals surface area contributed by atoms with Crippen LogP contribution in [0.25, 0.3) is 0 Å². The highest BCUT2D eigenvalue weighted by atomic mass is 35.5. The van der Waals surface area contributed by atoms with Gasteiger partial charge in [-0.1, -0.05) is 16.8 Å². The molecule has 0 aromatic heterocycles. The number of oxime groups is 1. The van der Waals surface area contributed by atoms with Crippen LogP contribution >= 0.6 is 11.6 Å². The fourth-order valence-electron chi connectivity index (χ4n) is 0.876. The molecule has 1 aromatic rings. The molecule has 0 aliphatic carbocycles. The van der Waals surface area contributed by atoms with E-state index < -0.39 is 0 Å². The minimum atomic E-state index is 0.558. The van der Waals surface area contributed by atoms with Gasteiger partial charge in [-0.25, -0.2) is 0 Å². The second-order valence-corrected chi connectivity index (χ2v) is 2.72. The molecule has 0 amide bonds.